The number of carboxylic acid groups (broad SMARTS) is 1. The second-order valence-electron chi connectivity index (χ2n) is 12.5. The summed E-state index contributed by atoms with van der Waals surface area (Å²) in [5.41, 5.74) is 2.19. The van der Waals surface area contributed by atoms with Crippen molar-refractivity contribution in [1.82, 2.24) is 0 Å². The minimum atomic E-state index is -0.639. The van der Waals surface area contributed by atoms with E-state index in [1.807, 2.05) is 13.0 Å². The van der Waals surface area contributed by atoms with E-state index >= 15 is 0 Å². The van der Waals surface area contributed by atoms with E-state index in [4.69, 9.17) is 0 Å². The number of allylic oxidation sites excluding steroid dienone is 1. The van der Waals surface area contributed by atoms with Crippen LogP contribution in [-0.2, 0) is 9.59 Å². The van der Waals surface area contributed by atoms with E-state index in [0.29, 0.717) is 23.0 Å². The highest BCUT2D eigenvalue weighted by atomic mass is 16.4. The van der Waals surface area contributed by atoms with Crippen molar-refractivity contribution in [2.24, 2.45) is 52.3 Å². The predicted molar refractivity (Wildman–Crippen MR) is 129 cm³/mol. The number of carbonyl (C=O) groups is 2. The Hall–Kier alpha value is -1.12. The van der Waals surface area contributed by atoms with Gasteiger partial charge in [0.15, 0.2) is 5.78 Å². The molecule has 0 heterocycles. The molecule has 0 amide bonds. The number of hydrogen-bond donors (Lipinski definition) is 1. The molecule has 0 radical (unpaired) electrons. The van der Waals surface area contributed by atoms with Gasteiger partial charge in [-0.1, -0.05) is 53.0 Å². The molecule has 9 atom stereocenters. The zero-order valence-electron chi connectivity index (χ0n) is 21.2. The summed E-state index contributed by atoms with van der Waals surface area (Å²) in [6.07, 6.45) is 14.9. The topological polar surface area (TPSA) is 54.4 Å². The second kappa shape index (κ2) is 8.91. The quantitative estimate of drug-likeness (QED) is 0.450. The van der Waals surface area contributed by atoms with Crippen molar-refractivity contribution in [2.75, 3.05) is 0 Å². The summed E-state index contributed by atoms with van der Waals surface area (Å²) >= 11 is 0. The molecule has 3 nitrogen and oxygen atoms in total. The van der Waals surface area contributed by atoms with Crippen molar-refractivity contribution >= 4 is 11.8 Å². The average molecular weight is 443 g/mol. The lowest BCUT2D eigenvalue weighted by Gasteiger charge is -2.58. The Bertz CT molecular complexity index is 768. The molecule has 0 spiro atoms. The van der Waals surface area contributed by atoms with Crippen molar-refractivity contribution in [3.05, 3.63) is 11.6 Å². The van der Waals surface area contributed by atoms with Crippen LogP contribution in [0.4, 0.5) is 0 Å². The van der Waals surface area contributed by atoms with Crippen molar-refractivity contribution in [2.45, 2.75) is 105 Å². The number of ketones is 1. The Labute approximate surface area is 195 Å². The summed E-state index contributed by atoms with van der Waals surface area (Å²) in [7, 11) is 0. The van der Waals surface area contributed by atoms with Crippen LogP contribution in [0.1, 0.15) is 105 Å². The molecule has 1 N–H and O–H groups in total. The van der Waals surface area contributed by atoms with Crippen molar-refractivity contribution in [3.8, 4) is 0 Å². The molecule has 4 aliphatic carbocycles. The minimum absolute atomic E-state index is 0.234. The maximum atomic E-state index is 12.1. The van der Waals surface area contributed by atoms with Crippen LogP contribution >= 0.6 is 0 Å². The first-order valence-electron chi connectivity index (χ1n) is 13.6. The van der Waals surface area contributed by atoms with Crippen LogP contribution in [0.3, 0.4) is 0 Å². The summed E-state index contributed by atoms with van der Waals surface area (Å²) in [6.45, 7) is 11.6. The first kappa shape index (κ1) is 24.0. The highest BCUT2D eigenvalue weighted by Gasteiger charge is 2.59. The molecule has 0 aromatic heterocycles. The summed E-state index contributed by atoms with van der Waals surface area (Å²) in [4.78, 5) is 23.6. The fraction of sp³-hybridized carbons (Fsp3) is 0.862. The van der Waals surface area contributed by atoms with Gasteiger partial charge in [0.05, 0.1) is 5.92 Å². The Morgan fingerprint density at radius 1 is 1.06 bits per heavy atom. The lowest BCUT2D eigenvalue weighted by Crippen LogP contribution is -2.51. The summed E-state index contributed by atoms with van der Waals surface area (Å²) in [5, 5.41) is 9.46. The highest BCUT2D eigenvalue weighted by molar-refractivity contribution is 5.91. The molecular formula is C29H46O3. The third-order valence-corrected chi connectivity index (χ3v) is 11.3. The van der Waals surface area contributed by atoms with E-state index in [9.17, 15) is 14.7 Å². The standard InChI is InChI=1S/C29H46O3/c1-6-20(19(3)27(31)32)8-7-18(2)24-11-12-25-23-10-9-21-17-22(30)13-15-28(21,4)26(23)14-16-29(24,25)5/h17-20,23-26H,6-16H2,1-5H3,(H,31,32)/t18-,19?,20-,23+,24-,25+,26+,28+,29-/m1/s1. The SMILES string of the molecule is CC[C@H](CC[C@@H](C)[C@H]1CC[C@H]2[C@@H]3CCC4=CC(=O)CC[C@]4(C)[C@H]3CC[C@]12C)C(C)C(=O)O. The third-order valence-electron chi connectivity index (χ3n) is 11.3. The fourth-order valence-electron chi connectivity index (χ4n) is 9.22. The second-order valence-corrected chi connectivity index (χ2v) is 12.5. The normalized spacial score (nSPS) is 41.7. The molecule has 4 aliphatic rings. The number of rotatable bonds is 7. The van der Waals surface area contributed by atoms with E-state index in [1.165, 1.54) is 44.1 Å². The average Bonchev–Trinajstić information content (AvgIpc) is 3.11. The summed E-state index contributed by atoms with van der Waals surface area (Å²) < 4.78 is 0. The Balaban J connectivity index is 1.45. The zero-order chi connectivity index (χ0) is 23.3. The number of aliphatic carboxylic acids is 1. The first-order valence-corrected chi connectivity index (χ1v) is 13.6. The fourth-order valence-corrected chi connectivity index (χ4v) is 9.22. The zero-order valence-corrected chi connectivity index (χ0v) is 21.2. The molecule has 180 valence electrons. The smallest absolute Gasteiger partial charge is 0.306 e. The van der Waals surface area contributed by atoms with Crippen LogP contribution in [0, 0.1) is 52.3 Å². The van der Waals surface area contributed by atoms with Gasteiger partial charge in [0, 0.05) is 6.42 Å². The van der Waals surface area contributed by atoms with Crippen LogP contribution in [-0.4, -0.2) is 16.9 Å². The lowest BCUT2D eigenvalue weighted by molar-refractivity contribution is -0.143. The molecule has 4 rings (SSSR count). The molecular weight excluding hydrogens is 396 g/mol. The van der Waals surface area contributed by atoms with Crippen LogP contribution in [0.5, 0.6) is 0 Å². The minimum Gasteiger partial charge on any atom is -0.481 e. The molecule has 0 aromatic rings. The van der Waals surface area contributed by atoms with Gasteiger partial charge in [0.25, 0.3) is 0 Å². The van der Waals surface area contributed by atoms with Gasteiger partial charge >= 0.3 is 5.97 Å². The lowest BCUT2D eigenvalue weighted by atomic mass is 9.46. The van der Waals surface area contributed by atoms with Gasteiger partial charge in [-0.3, -0.25) is 9.59 Å². The first-order chi connectivity index (χ1) is 15.1. The van der Waals surface area contributed by atoms with Gasteiger partial charge in [-0.15, -0.1) is 0 Å². The molecule has 32 heavy (non-hydrogen) atoms. The number of carbonyl (C=O) groups excluding carboxylic acids is 1. The molecule has 0 aromatic carbocycles. The predicted octanol–water partition coefficient (Wildman–Crippen LogP) is 7.30. The van der Waals surface area contributed by atoms with Gasteiger partial charge in [0.2, 0.25) is 0 Å². The van der Waals surface area contributed by atoms with E-state index in [0.717, 1.165) is 55.8 Å². The van der Waals surface area contributed by atoms with Gasteiger partial charge in [-0.05, 0) is 104 Å². The molecule has 0 saturated heterocycles. The summed E-state index contributed by atoms with van der Waals surface area (Å²) in [6, 6.07) is 0. The van der Waals surface area contributed by atoms with Crippen LogP contribution in [0.2, 0.25) is 0 Å². The van der Waals surface area contributed by atoms with Gasteiger partial charge in [-0.25, -0.2) is 0 Å². The number of fused-ring (bicyclic) bond motifs is 5. The Kier molecular flexibility index (Phi) is 6.69. The van der Waals surface area contributed by atoms with Crippen molar-refractivity contribution in [1.29, 1.82) is 0 Å². The molecule has 0 aliphatic heterocycles. The van der Waals surface area contributed by atoms with Crippen molar-refractivity contribution < 1.29 is 14.7 Å². The Morgan fingerprint density at radius 3 is 2.50 bits per heavy atom. The maximum absolute atomic E-state index is 12.1. The van der Waals surface area contributed by atoms with Crippen molar-refractivity contribution in [3.63, 3.8) is 0 Å². The molecule has 3 saturated carbocycles. The van der Waals surface area contributed by atoms with Crippen LogP contribution < -0.4 is 0 Å². The maximum Gasteiger partial charge on any atom is 0.306 e. The Morgan fingerprint density at radius 2 is 1.81 bits per heavy atom. The highest BCUT2D eigenvalue weighted by Crippen LogP contribution is 2.67. The molecule has 0 bridgehead atoms. The van der Waals surface area contributed by atoms with E-state index in [-0.39, 0.29) is 11.3 Å². The van der Waals surface area contributed by atoms with E-state index in [1.54, 1.807) is 0 Å². The van der Waals surface area contributed by atoms with Crippen LogP contribution in [0.15, 0.2) is 11.6 Å². The van der Waals surface area contributed by atoms with E-state index < -0.39 is 5.97 Å². The summed E-state index contributed by atoms with van der Waals surface area (Å²) in [5.74, 6) is 3.68. The molecule has 3 heteroatoms. The number of hydrogen-bond acceptors (Lipinski definition) is 2. The third kappa shape index (κ3) is 3.90. The molecule has 1 unspecified atom stereocenters. The van der Waals surface area contributed by atoms with Gasteiger partial charge < -0.3 is 5.11 Å². The number of carboxylic acids is 1. The largest absolute Gasteiger partial charge is 0.481 e. The van der Waals surface area contributed by atoms with E-state index in [2.05, 4.69) is 27.7 Å². The van der Waals surface area contributed by atoms with Crippen LogP contribution in [0.25, 0.3) is 0 Å². The monoisotopic (exact) mass is 442 g/mol. The van der Waals surface area contributed by atoms with Gasteiger partial charge in [-0.2, -0.15) is 0 Å². The molecule has 3 fully saturated rings. The van der Waals surface area contributed by atoms with Gasteiger partial charge in [0.1, 0.15) is 0 Å².